The van der Waals surface area contributed by atoms with Crippen LogP contribution in [0.4, 0.5) is 0 Å². The number of hydrogen-bond donors (Lipinski definition) is 3. The van der Waals surface area contributed by atoms with Crippen molar-refractivity contribution in [3.63, 3.8) is 0 Å². The molecule has 27 heavy (non-hydrogen) atoms. The lowest BCUT2D eigenvalue weighted by atomic mass is 10.1. The van der Waals surface area contributed by atoms with E-state index in [1.165, 1.54) is 0 Å². The summed E-state index contributed by atoms with van der Waals surface area (Å²) in [5, 5.41) is 5.93. The van der Waals surface area contributed by atoms with E-state index in [4.69, 9.17) is 22.1 Å². The fraction of sp³-hybridized carbons (Fsp3) is 0.200. The van der Waals surface area contributed by atoms with Gasteiger partial charge in [-0.25, -0.2) is 5.43 Å². The van der Waals surface area contributed by atoms with Gasteiger partial charge >= 0.3 is 0 Å². The SMILES string of the molecule is COc1cc(C)c2[nH]cc(/C=N/NC(N)=NCCc3cccc(Cl)c3)c2c1. The standard InChI is InChI=1S/C20H22ClN5O/c1-13-8-17(27-2)10-18-15(11-24-19(13)18)12-25-26-20(22)23-7-6-14-4-3-5-16(21)9-14/h3-5,8-12,24H,6-7H2,1-2H3,(H3,22,23,26)/b25-12+. The average Bonchev–Trinajstić information content (AvgIpc) is 3.05. The van der Waals surface area contributed by atoms with E-state index in [9.17, 15) is 0 Å². The Bertz CT molecular complexity index is 993. The highest BCUT2D eigenvalue weighted by Gasteiger charge is 2.06. The zero-order chi connectivity index (χ0) is 19.2. The number of fused-ring (bicyclic) bond motifs is 1. The Morgan fingerprint density at radius 1 is 1.33 bits per heavy atom. The average molecular weight is 384 g/mol. The molecule has 7 heteroatoms. The zero-order valence-corrected chi connectivity index (χ0v) is 16.0. The van der Waals surface area contributed by atoms with Gasteiger partial charge in [0.05, 0.1) is 13.3 Å². The molecule has 0 aliphatic heterocycles. The van der Waals surface area contributed by atoms with Crippen LogP contribution in [-0.4, -0.2) is 30.8 Å². The largest absolute Gasteiger partial charge is 0.497 e. The molecule has 0 aliphatic carbocycles. The smallest absolute Gasteiger partial charge is 0.209 e. The molecule has 0 fully saturated rings. The van der Waals surface area contributed by atoms with Crippen LogP contribution in [0.15, 0.2) is 52.7 Å². The number of guanidine groups is 1. The molecule has 140 valence electrons. The third kappa shape index (κ3) is 4.80. The maximum Gasteiger partial charge on any atom is 0.209 e. The molecule has 2 aromatic carbocycles. The molecule has 0 bridgehead atoms. The van der Waals surface area contributed by atoms with E-state index in [1.54, 1.807) is 13.3 Å². The Kier molecular flexibility index (Phi) is 5.98. The number of hydrogen-bond acceptors (Lipinski definition) is 3. The molecule has 1 aromatic heterocycles. The van der Waals surface area contributed by atoms with Crippen molar-refractivity contribution in [3.05, 3.63) is 64.3 Å². The summed E-state index contributed by atoms with van der Waals surface area (Å²) in [5.74, 6) is 1.08. The van der Waals surface area contributed by atoms with Crippen molar-refractivity contribution in [2.24, 2.45) is 15.8 Å². The first-order chi connectivity index (χ1) is 13.1. The zero-order valence-electron chi connectivity index (χ0n) is 15.3. The van der Waals surface area contributed by atoms with Crippen molar-refractivity contribution < 1.29 is 4.74 Å². The fourth-order valence-corrected chi connectivity index (χ4v) is 3.04. The van der Waals surface area contributed by atoms with E-state index >= 15 is 0 Å². The normalized spacial score (nSPS) is 12.0. The maximum atomic E-state index is 5.97. The summed E-state index contributed by atoms with van der Waals surface area (Å²) in [5.41, 5.74) is 12.8. The molecule has 0 amide bonds. The molecule has 0 saturated carbocycles. The van der Waals surface area contributed by atoms with Gasteiger partial charge in [0.1, 0.15) is 5.75 Å². The monoisotopic (exact) mass is 383 g/mol. The molecule has 6 nitrogen and oxygen atoms in total. The second kappa shape index (κ2) is 8.60. The number of ether oxygens (including phenoxy) is 1. The van der Waals surface area contributed by atoms with Crippen LogP contribution >= 0.6 is 11.6 Å². The van der Waals surface area contributed by atoms with E-state index in [0.717, 1.165) is 44.8 Å². The molecule has 0 unspecified atom stereocenters. The van der Waals surface area contributed by atoms with Crippen LogP contribution in [0, 0.1) is 6.92 Å². The third-order valence-corrected chi connectivity index (χ3v) is 4.42. The topological polar surface area (TPSA) is 87.8 Å². The van der Waals surface area contributed by atoms with Crippen LogP contribution in [0.2, 0.25) is 5.02 Å². The number of methoxy groups -OCH3 is 1. The highest BCUT2D eigenvalue weighted by atomic mass is 35.5. The molecule has 1 heterocycles. The maximum absolute atomic E-state index is 5.97. The van der Waals surface area contributed by atoms with E-state index in [0.29, 0.717) is 6.54 Å². The van der Waals surface area contributed by atoms with Gasteiger partial charge in [-0.05, 0) is 48.7 Å². The Hall–Kier alpha value is -2.99. The number of nitrogens with one attached hydrogen (secondary N) is 2. The number of aromatic amines is 1. The number of hydrazone groups is 1. The van der Waals surface area contributed by atoms with Crippen molar-refractivity contribution in [3.8, 4) is 5.75 Å². The minimum absolute atomic E-state index is 0.266. The van der Waals surface area contributed by atoms with Crippen LogP contribution in [-0.2, 0) is 6.42 Å². The van der Waals surface area contributed by atoms with Crippen molar-refractivity contribution in [1.82, 2.24) is 10.4 Å². The molecule has 3 aromatic rings. The highest BCUT2D eigenvalue weighted by molar-refractivity contribution is 6.30. The Balaban J connectivity index is 1.61. The molecule has 0 saturated heterocycles. The van der Waals surface area contributed by atoms with Crippen molar-refractivity contribution in [2.45, 2.75) is 13.3 Å². The van der Waals surface area contributed by atoms with Gasteiger partial charge in [-0.15, -0.1) is 0 Å². The predicted octanol–water partition coefficient (Wildman–Crippen LogP) is 3.62. The van der Waals surface area contributed by atoms with E-state index in [1.807, 2.05) is 49.5 Å². The molecule has 3 rings (SSSR count). The molecule has 0 spiro atoms. The van der Waals surface area contributed by atoms with Crippen LogP contribution in [0.25, 0.3) is 10.9 Å². The van der Waals surface area contributed by atoms with E-state index in [-0.39, 0.29) is 5.96 Å². The summed E-state index contributed by atoms with van der Waals surface area (Å²) < 4.78 is 5.34. The first kappa shape index (κ1) is 18.8. The molecular weight excluding hydrogens is 362 g/mol. The molecule has 0 radical (unpaired) electrons. The van der Waals surface area contributed by atoms with Crippen LogP contribution in [0.3, 0.4) is 0 Å². The quantitative estimate of drug-likeness (QED) is 0.345. The van der Waals surface area contributed by atoms with Crippen molar-refractivity contribution >= 4 is 34.7 Å². The van der Waals surface area contributed by atoms with Gasteiger partial charge in [0, 0.05) is 34.2 Å². The minimum atomic E-state index is 0.266. The second-order valence-electron chi connectivity index (χ2n) is 6.13. The number of nitrogens with two attached hydrogens (primary N) is 1. The van der Waals surface area contributed by atoms with Crippen molar-refractivity contribution in [2.75, 3.05) is 13.7 Å². The Morgan fingerprint density at radius 2 is 2.19 bits per heavy atom. The molecule has 4 N–H and O–H groups in total. The van der Waals surface area contributed by atoms with Gasteiger partial charge in [-0.3, -0.25) is 4.99 Å². The Morgan fingerprint density at radius 3 is 2.96 bits per heavy atom. The molecule has 0 aliphatic rings. The number of aromatic nitrogens is 1. The molecule has 0 atom stereocenters. The third-order valence-electron chi connectivity index (χ3n) is 4.18. The van der Waals surface area contributed by atoms with Crippen LogP contribution in [0.5, 0.6) is 5.75 Å². The summed E-state index contributed by atoms with van der Waals surface area (Å²) in [6, 6.07) is 11.7. The van der Waals surface area contributed by atoms with Crippen LogP contribution < -0.4 is 15.9 Å². The lowest BCUT2D eigenvalue weighted by molar-refractivity contribution is 0.415. The number of H-pyrrole nitrogens is 1. The van der Waals surface area contributed by atoms with Gasteiger partial charge in [-0.1, -0.05) is 23.7 Å². The first-order valence-corrected chi connectivity index (χ1v) is 8.94. The summed E-state index contributed by atoms with van der Waals surface area (Å²) in [4.78, 5) is 7.53. The second-order valence-corrected chi connectivity index (χ2v) is 6.56. The lowest BCUT2D eigenvalue weighted by Gasteiger charge is -2.03. The van der Waals surface area contributed by atoms with E-state index < -0.39 is 0 Å². The summed E-state index contributed by atoms with van der Waals surface area (Å²) in [7, 11) is 1.66. The number of rotatable bonds is 6. The van der Waals surface area contributed by atoms with Gasteiger partial charge in [0.25, 0.3) is 0 Å². The fourth-order valence-electron chi connectivity index (χ4n) is 2.83. The van der Waals surface area contributed by atoms with E-state index in [2.05, 4.69) is 20.5 Å². The number of benzene rings is 2. The van der Waals surface area contributed by atoms with Gasteiger partial charge in [-0.2, -0.15) is 5.10 Å². The predicted molar refractivity (Wildman–Crippen MR) is 112 cm³/mol. The summed E-state index contributed by atoms with van der Waals surface area (Å²) in [6.45, 7) is 2.59. The number of aryl methyl sites for hydroxylation is 1. The molecular formula is C20H22ClN5O. The number of nitrogens with zero attached hydrogens (tertiary/aromatic N) is 2. The van der Waals surface area contributed by atoms with Gasteiger partial charge < -0.3 is 15.5 Å². The van der Waals surface area contributed by atoms with Crippen LogP contribution in [0.1, 0.15) is 16.7 Å². The number of aliphatic imine (C=N–C) groups is 1. The Labute approximate surface area is 163 Å². The summed E-state index contributed by atoms with van der Waals surface area (Å²) >= 11 is 5.97. The lowest BCUT2D eigenvalue weighted by Crippen LogP contribution is -2.27. The first-order valence-electron chi connectivity index (χ1n) is 8.56. The highest BCUT2D eigenvalue weighted by Crippen LogP contribution is 2.26. The minimum Gasteiger partial charge on any atom is -0.497 e. The number of halogens is 1. The van der Waals surface area contributed by atoms with Gasteiger partial charge in [0.2, 0.25) is 5.96 Å². The van der Waals surface area contributed by atoms with Gasteiger partial charge in [0.15, 0.2) is 0 Å². The summed E-state index contributed by atoms with van der Waals surface area (Å²) in [6.07, 6.45) is 4.36. The van der Waals surface area contributed by atoms with Crippen molar-refractivity contribution in [1.29, 1.82) is 0 Å².